The highest BCUT2D eigenvalue weighted by molar-refractivity contribution is 9.10. The molecular weight excluding hydrogens is 254 g/mol. The number of imidazole rings is 1. The maximum absolute atomic E-state index is 6.12. The van der Waals surface area contributed by atoms with E-state index in [1.54, 1.807) is 12.4 Å². The number of halogens is 1. The number of nitrogens with one attached hydrogen (secondary N) is 1. The van der Waals surface area contributed by atoms with Gasteiger partial charge in [-0.05, 0) is 30.2 Å². The highest BCUT2D eigenvalue weighted by Gasteiger charge is 2.13. The molecular formula is C11H12BrN3. The maximum atomic E-state index is 6.12. The van der Waals surface area contributed by atoms with Crippen molar-refractivity contribution in [2.45, 2.75) is 13.0 Å². The third-order valence-corrected chi connectivity index (χ3v) is 2.88. The number of hydrogen-bond acceptors (Lipinski definition) is 2. The molecule has 15 heavy (non-hydrogen) atoms. The molecule has 2 aromatic rings. The summed E-state index contributed by atoms with van der Waals surface area (Å²) < 4.78 is 1.03. The molecule has 3 N–H and O–H groups in total. The molecule has 0 amide bonds. The number of hydrogen-bond donors (Lipinski definition) is 2. The molecule has 1 atom stereocenters. The second-order valence-corrected chi connectivity index (χ2v) is 4.37. The lowest BCUT2D eigenvalue weighted by Gasteiger charge is -2.12. The van der Waals surface area contributed by atoms with Crippen molar-refractivity contribution in [2.75, 3.05) is 0 Å². The Hall–Kier alpha value is -1.13. The Kier molecular flexibility index (Phi) is 2.88. The highest BCUT2D eigenvalue weighted by atomic mass is 79.9. The van der Waals surface area contributed by atoms with Crippen LogP contribution in [-0.4, -0.2) is 9.97 Å². The Morgan fingerprint density at radius 2 is 2.27 bits per heavy atom. The normalized spacial score (nSPS) is 12.7. The minimum absolute atomic E-state index is 0.197. The molecule has 1 aromatic heterocycles. The monoisotopic (exact) mass is 265 g/mol. The van der Waals surface area contributed by atoms with Gasteiger partial charge >= 0.3 is 0 Å². The summed E-state index contributed by atoms with van der Waals surface area (Å²) in [6, 6.07) is 5.89. The van der Waals surface area contributed by atoms with Gasteiger partial charge < -0.3 is 10.7 Å². The Morgan fingerprint density at radius 3 is 2.93 bits per heavy atom. The standard InChI is InChI=1S/C11H12BrN3/c1-7-2-3-8(12)6-9(7)10(13)11-14-4-5-15-11/h2-6,10H,13H2,1H3,(H,14,15). The topological polar surface area (TPSA) is 54.7 Å². The van der Waals surface area contributed by atoms with Crippen LogP contribution < -0.4 is 5.73 Å². The van der Waals surface area contributed by atoms with E-state index in [1.165, 1.54) is 5.56 Å². The lowest BCUT2D eigenvalue weighted by atomic mass is 10.0. The first-order chi connectivity index (χ1) is 7.18. The molecule has 1 aromatic carbocycles. The van der Waals surface area contributed by atoms with E-state index in [-0.39, 0.29) is 6.04 Å². The summed E-state index contributed by atoms with van der Waals surface area (Å²) in [6.07, 6.45) is 3.49. The lowest BCUT2D eigenvalue weighted by Crippen LogP contribution is -2.14. The van der Waals surface area contributed by atoms with Gasteiger partial charge in [-0.3, -0.25) is 0 Å². The molecule has 0 spiro atoms. The summed E-state index contributed by atoms with van der Waals surface area (Å²) in [7, 11) is 0. The number of aromatic amines is 1. The molecule has 0 aliphatic heterocycles. The number of rotatable bonds is 2. The highest BCUT2D eigenvalue weighted by Crippen LogP contribution is 2.23. The quantitative estimate of drug-likeness (QED) is 0.877. The van der Waals surface area contributed by atoms with Crippen LogP contribution in [0.25, 0.3) is 0 Å². The predicted octanol–water partition coefficient (Wildman–Crippen LogP) is 2.53. The number of nitrogens with zero attached hydrogens (tertiary/aromatic N) is 1. The van der Waals surface area contributed by atoms with Gasteiger partial charge in [0.25, 0.3) is 0 Å². The Labute approximate surface area is 96.9 Å². The van der Waals surface area contributed by atoms with E-state index in [4.69, 9.17) is 5.73 Å². The molecule has 1 unspecified atom stereocenters. The van der Waals surface area contributed by atoms with E-state index in [9.17, 15) is 0 Å². The molecule has 0 saturated carbocycles. The minimum atomic E-state index is -0.197. The summed E-state index contributed by atoms with van der Waals surface area (Å²) in [6.45, 7) is 2.05. The van der Waals surface area contributed by atoms with Crippen LogP contribution in [0.5, 0.6) is 0 Å². The summed E-state index contributed by atoms with van der Waals surface area (Å²) in [4.78, 5) is 7.20. The fourth-order valence-corrected chi connectivity index (χ4v) is 1.92. The van der Waals surface area contributed by atoms with Crippen molar-refractivity contribution >= 4 is 15.9 Å². The van der Waals surface area contributed by atoms with Gasteiger partial charge in [-0.1, -0.05) is 22.0 Å². The second kappa shape index (κ2) is 4.16. The van der Waals surface area contributed by atoms with Gasteiger partial charge in [0, 0.05) is 16.9 Å². The van der Waals surface area contributed by atoms with Gasteiger partial charge in [-0.25, -0.2) is 4.98 Å². The van der Waals surface area contributed by atoms with Crippen LogP contribution in [0.15, 0.2) is 35.1 Å². The molecule has 0 bridgehead atoms. The second-order valence-electron chi connectivity index (χ2n) is 3.45. The van der Waals surface area contributed by atoms with Crippen LogP contribution in [0.1, 0.15) is 23.0 Å². The van der Waals surface area contributed by atoms with Crippen molar-refractivity contribution in [3.8, 4) is 0 Å². The van der Waals surface area contributed by atoms with Crippen molar-refractivity contribution in [2.24, 2.45) is 5.73 Å². The average molecular weight is 266 g/mol. The number of aryl methyl sites for hydroxylation is 1. The van der Waals surface area contributed by atoms with Crippen molar-refractivity contribution in [1.29, 1.82) is 0 Å². The third-order valence-electron chi connectivity index (χ3n) is 2.39. The largest absolute Gasteiger partial charge is 0.347 e. The first-order valence-corrected chi connectivity index (χ1v) is 5.48. The average Bonchev–Trinajstić information content (AvgIpc) is 2.74. The summed E-state index contributed by atoms with van der Waals surface area (Å²) in [5.41, 5.74) is 8.37. The lowest BCUT2D eigenvalue weighted by molar-refractivity contribution is 0.793. The van der Waals surface area contributed by atoms with Gasteiger partial charge in [0.05, 0.1) is 6.04 Å². The van der Waals surface area contributed by atoms with E-state index >= 15 is 0 Å². The molecule has 0 radical (unpaired) electrons. The molecule has 3 nitrogen and oxygen atoms in total. The zero-order valence-electron chi connectivity index (χ0n) is 8.37. The van der Waals surface area contributed by atoms with Crippen LogP contribution in [0.2, 0.25) is 0 Å². The molecule has 0 aliphatic carbocycles. The number of nitrogens with two attached hydrogens (primary N) is 1. The van der Waals surface area contributed by atoms with Gasteiger partial charge in [0.15, 0.2) is 0 Å². The van der Waals surface area contributed by atoms with Gasteiger partial charge in [-0.2, -0.15) is 0 Å². The van der Waals surface area contributed by atoms with E-state index in [1.807, 2.05) is 25.1 Å². The minimum Gasteiger partial charge on any atom is -0.347 e. The number of benzene rings is 1. The van der Waals surface area contributed by atoms with Crippen LogP contribution in [0, 0.1) is 6.92 Å². The Morgan fingerprint density at radius 1 is 1.47 bits per heavy atom. The van der Waals surface area contributed by atoms with Crippen LogP contribution >= 0.6 is 15.9 Å². The predicted molar refractivity (Wildman–Crippen MR) is 63.5 cm³/mol. The fraction of sp³-hybridized carbons (Fsp3) is 0.182. The zero-order chi connectivity index (χ0) is 10.8. The molecule has 0 saturated heterocycles. The Balaban J connectivity index is 2.41. The molecule has 0 fully saturated rings. The van der Waals surface area contributed by atoms with Crippen LogP contribution in [0.3, 0.4) is 0 Å². The zero-order valence-corrected chi connectivity index (χ0v) is 9.95. The number of aromatic nitrogens is 2. The maximum Gasteiger partial charge on any atom is 0.127 e. The SMILES string of the molecule is Cc1ccc(Br)cc1C(N)c1ncc[nH]1. The van der Waals surface area contributed by atoms with Crippen molar-refractivity contribution < 1.29 is 0 Å². The first-order valence-electron chi connectivity index (χ1n) is 4.69. The van der Waals surface area contributed by atoms with Gasteiger partial charge in [-0.15, -0.1) is 0 Å². The van der Waals surface area contributed by atoms with Crippen LogP contribution in [-0.2, 0) is 0 Å². The van der Waals surface area contributed by atoms with Gasteiger partial charge in [0.1, 0.15) is 5.82 Å². The van der Waals surface area contributed by atoms with Gasteiger partial charge in [0.2, 0.25) is 0 Å². The first kappa shape index (κ1) is 10.4. The third kappa shape index (κ3) is 2.11. The van der Waals surface area contributed by atoms with E-state index in [2.05, 4.69) is 25.9 Å². The summed E-state index contributed by atoms with van der Waals surface area (Å²) in [5, 5.41) is 0. The van der Waals surface area contributed by atoms with Crippen molar-refractivity contribution in [3.63, 3.8) is 0 Å². The summed E-state index contributed by atoms with van der Waals surface area (Å²) >= 11 is 3.44. The molecule has 78 valence electrons. The number of H-pyrrole nitrogens is 1. The molecule has 4 heteroatoms. The smallest absolute Gasteiger partial charge is 0.127 e. The van der Waals surface area contributed by atoms with E-state index in [0.29, 0.717) is 0 Å². The van der Waals surface area contributed by atoms with Crippen molar-refractivity contribution in [1.82, 2.24) is 9.97 Å². The molecule has 1 heterocycles. The van der Waals surface area contributed by atoms with E-state index < -0.39 is 0 Å². The molecule has 0 aliphatic rings. The van der Waals surface area contributed by atoms with E-state index in [0.717, 1.165) is 15.9 Å². The molecule has 2 rings (SSSR count). The Bertz CT molecular complexity index is 451. The van der Waals surface area contributed by atoms with Crippen molar-refractivity contribution in [3.05, 3.63) is 52.0 Å². The summed E-state index contributed by atoms with van der Waals surface area (Å²) in [5.74, 6) is 0.788. The van der Waals surface area contributed by atoms with Crippen LogP contribution in [0.4, 0.5) is 0 Å². The fourth-order valence-electron chi connectivity index (χ4n) is 1.54.